The lowest BCUT2D eigenvalue weighted by atomic mass is 9.94. The molecule has 0 rings (SSSR count). The van der Waals surface area contributed by atoms with Crippen LogP contribution in [0.3, 0.4) is 0 Å². The van der Waals surface area contributed by atoms with Crippen molar-refractivity contribution < 1.29 is 14.7 Å². The first-order valence-electron chi connectivity index (χ1n) is 6.08. The first-order chi connectivity index (χ1) is 7.60. The van der Waals surface area contributed by atoms with E-state index in [0.717, 1.165) is 19.3 Å². The summed E-state index contributed by atoms with van der Waals surface area (Å²) in [4.78, 5) is 21.5. The van der Waals surface area contributed by atoms with Gasteiger partial charge in [-0.25, -0.2) is 0 Å². The second-order valence-corrected chi connectivity index (χ2v) is 4.08. The average Bonchev–Trinajstić information content (AvgIpc) is 2.25. The van der Waals surface area contributed by atoms with Gasteiger partial charge in [-0.05, 0) is 18.8 Å². The molecule has 0 radical (unpaired) electrons. The van der Waals surface area contributed by atoms with Gasteiger partial charge in [0.2, 0.25) is 5.91 Å². The number of hydrogen-bond donors (Lipinski definition) is 2. The highest BCUT2D eigenvalue weighted by Crippen LogP contribution is 2.17. The van der Waals surface area contributed by atoms with Crippen LogP contribution < -0.4 is 5.32 Å². The van der Waals surface area contributed by atoms with Crippen LogP contribution in [0, 0.1) is 5.92 Å². The molecule has 0 aromatic heterocycles. The maximum Gasteiger partial charge on any atom is 0.303 e. The van der Waals surface area contributed by atoms with Gasteiger partial charge < -0.3 is 10.4 Å². The predicted molar refractivity (Wildman–Crippen MR) is 63.2 cm³/mol. The highest BCUT2D eigenvalue weighted by atomic mass is 16.4. The fourth-order valence-corrected chi connectivity index (χ4v) is 1.71. The van der Waals surface area contributed by atoms with E-state index < -0.39 is 5.97 Å². The van der Waals surface area contributed by atoms with Crippen molar-refractivity contribution in [1.29, 1.82) is 0 Å². The van der Waals surface area contributed by atoms with Crippen LogP contribution in [0.25, 0.3) is 0 Å². The molecule has 0 aromatic rings. The summed E-state index contributed by atoms with van der Waals surface area (Å²) in [6.07, 6.45) is 4.43. The number of amides is 1. The Morgan fingerprint density at radius 1 is 1.19 bits per heavy atom. The molecule has 16 heavy (non-hydrogen) atoms. The largest absolute Gasteiger partial charge is 0.481 e. The van der Waals surface area contributed by atoms with Gasteiger partial charge in [0.1, 0.15) is 0 Å². The molecule has 0 spiro atoms. The zero-order chi connectivity index (χ0) is 12.4. The van der Waals surface area contributed by atoms with E-state index in [1.165, 1.54) is 0 Å². The van der Waals surface area contributed by atoms with Gasteiger partial charge in [-0.1, -0.05) is 26.7 Å². The van der Waals surface area contributed by atoms with Crippen molar-refractivity contribution in [2.24, 2.45) is 5.92 Å². The molecule has 1 unspecified atom stereocenters. The van der Waals surface area contributed by atoms with E-state index in [0.29, 0.717) is 25.3 Å². The number of carboxylic acids is 1. The van der Waals surface area contributed by atoms with Gasteiger partial charge in [0.05, 0.1) is 0 Å². The molecule has 0 saturated carbocycles. The van der Waals surface area contributed by atoms with Gasteiger partial charge in [-0.3, -0.25) is 9.59 Å². The number of rotatable bonds is 9. The Morgan fingerprint density at radius 3 is 2.38 bits per heavy atom. The van der Waals surface area contributed by atoms with E-state index in [2.05, 4.69) is 12.2 Å². The average molecular weight is 229 g/mol. The summed E-state index contributed by atoms with van der Waals surface area (Å²) < 4.78 is 0. The second-order valence-electron chi connectivity index (χ2n) is 4.08. The maximum absolute atomic E-state index is 11.0. The summed E-state index contributed by atoms with van der Waals surface area (Å²) in [7, 11) is 0. The summed E-state index contributed by atoms with van der Waals surface area (Å²) in [5, 5.41) is 11.4. The normalized spacial score (nSPS) is 12.1. The van der Waals surface area contributed by atoms with Gasteiger partial charge in [0.25, 0.3) is 0 Å². The molecule has 4 heteroatoms. The number of nitrogens with one attached hydrogen (secondary N) is 1. The smallest absolute Gasteiger partial charge is 0.303 e. The molecule has 0 heterocycles. The van der Waals surface area contributed by atoms with E-state index in [1.54, 1.807) is 0 Å². The first kappa shape index (κ1) is 14.9. The third-order valence-electron chi connectivity index (χ3n) is 2.66. The van der Waals surface area contributed by atoms with Crippen molar-refractivity contribution in [3.63, 3.8) is 0 Å². The number of carboxylic acid groups (broad SMARTS) is 1. The molecule has 1 atom stereocenters. The quantitative estimate of drug-likeness (QED) is 0.637. The van der Waals surface area contributed by atoms with E-state index in [4.69, 9.17) is 5.11 Å². The molecule has 0 saturated heterocycles. The van der Waals surface area contributed by atoms with Crippen LogP contribution in [0.4, 0.5) is 0 Å². The SMILES string of the molecule is CCCC(CCNC(=O)CC)CCC(=O)O. The van der Waals surface area contributed by atoms with E-state index >= 15 is 0 Å². The van der Waals surface area contributed by atoms with Gasteiger partial charge in [-0.2, -0.15) is 0 Å². The van der Waals surface area contributed by atoms with Gasteiger partial charge in [-0.15, -0.1) is 0 Å². The Balaban J connectivity index is 3.75. The third kappa shape index (κ3) is 8.26. The Morgan fingerprint density at radius 2 is 1.88 bits per heavy atom. The lowest BCUT2D eigenvalue weighted by Gasteiger charge is -2.15. The van der Waals surface area contributed by atoms with Gasteiger partial charge >= 0.3 is 5.97 Å². The number of carbonyl (C=O) groups is 2. The lowest BCUT2D eigenvalue weighted by Crippen LogP contribution is -2.25. The predicted octanol–water partition coefficient (Wildman–Crippen LogP) is 2.18. The molecule has 94 valence electrons. The van der Waals surface area contributed by atoms with Gasteiger partial charge in [0, 0.05) is 19.4 Å². The standard InChI is InChI=1S/C12H23NO3/c1-3-5-10(6-7-12(15)16)8-9-13-11(14)4-2/h10H,3-9H2,1-2H3,(H,13,14)(H,15,16). The third-order valence-corrected chi connectivity index (χ3v) is 2.66. The summed E-state index contributed by atoms with van der Waals surface area (Å²) in [5.41, 5.74) is 0. The molecular formula is C12H23NO3. The van der Waals surface area contributed by atoms with Crippen molar-refractivity contribution in [3.05, 3.63) is 0 Å². The van der Waals surface area contributed by atoms with Crippen LogP contribution in [0.2, 0.25) is 0 Å². The summed E-state index contributed by atoms with van der Waals surface area (Å²) in [6, 6.07) is 0. The van der Waals surface area contributed by atoms with Crippen LogP contribution in [-0.2, 0) is 9.59 Å². The lowest BCUT2D eigenvalue weighted by molar-refractivity contribution is -0.137. The summed E-state index contributed by atoms with van der Waals surface area (Å²) >= 11 is 0. The minimum absolute atomic E-state index is 0.0634. The molecule has 0 aromatic carbocycles. The van der Waals surface area contributed by atoms with E-state index in [-0.39, 0.29) is 12.3 Å². The molecule has 0 aliphatic heterocycles. The second kappa shape index (κ2) is 9.19. The van der Waals surface area contributed by atoms with Crippen LogP contribution in [0.1, 0.15) is 52.4 Å². The monoisotopic (exact) mass is 229 g/mol. The molecule has 0 fully saturated rings. The molecule has 0 aliphatic carbocycles. The van der Waals surface area contributed by atoms with E-state index in [1.807, 2.05) is 6.92 Å². The van der Waals surface area contributed by atoms with Crippen LogP contribution in [0.5, 0.6) is 0 Å². The van der Waals surface area contributed by atoms with E-state index in [9.17, 15) is 9.59 Å². The van der Waals surface area contributed by atoms with Crippen molar-refractivity contribution in [1.82, 2.24) is 5.32 Å². The van der Waals surface area contributed by atoms with Crippen molar-refractivity contribution in [2.45, 2.75) is 52.4 Å². The Labute approximate surface area is 97.4 Å². The Kier molecular flexibility index (Phi) is 8.58. The molecule has 0 bridgehead atoms. The number of hydrogen-bond acceptors (Lipinski definition) is 2. The zero-order valence-corrected chi connectivity index (χ0v) is 10.3. The number of aliphatic carboxylic acids is 1. The van der Waals surface area contributed by atoms with Crippen LogP contribution in [0.15, 0.2) is 0 Å². The summed E-state index contributed by atoms with van der Waals surface area (Å²) in [5.74, 6) is -0.259. The molecule has 4 nitrogen and oxygen atoms in total. The maximum atomic E-state index is 11.0. The van der Waals surface area contributed by atoms with Crippen molar-refractivity contribution >= 4 is 11.9 Å². The van der Waals surface area contributed by atoms with Gasteiger partial charge in [0.15, 0.2) is 0 Å². The Hall–Kier alpha value is -1.06. The Bertz CT molecular complexity index is 216. The van der Waals surface area contributed by atoms with Crippen LogP contribution >= 0.6 is 0 Å². The van der Waals surface area contributed by atoms with Crippen LogP contribution in [-0.4, -0.2) is 23.5 Å². The molecular weight excluding hydrogens is 206 g/mol. The molecule has 1 amide bonds. The highest BCUT2D eigenvalue weighted by molar-refractivity contribution is 5.75. The highest BCUT2D eigenvalue weighted by Gasteiger charge is 2.10. The minimum atomic E-state index is -0.737. The topological polar surface area (TPSA) is 66.4 Å². The first-order valence-corrected chi connectivity index (χ1v) is 6.08. The van der Waals surface area contributed by atoms with Crippen molar-refractivity contribution in [2.75, 3.05) is 6.54 Å². The fourth-order valence-electron chi connectivity index (χ4n) is 1.71. The fraction of sp³-hybridized carbons (Fsp3) is 0.833. The molecule has 0 aliphatic rings. The molecule has 2 N–H and O–H groups in total. The summed E-state index contributed by atoms with van der Waals surface area (Å²) in [6.45, 7) is 4.58. The van der Waals surface area contributed by atoms with Crippen molar-refractivity contribution in [3.8, 4) is 0 Å². The zero-order valence-electron chi connectivity index (χ0n) is 10.3. The number of carbonyl (C=O) groups excluding carboxylic acids is 1. The minimum Gasteiger partial charge on any atom is -0.481 e.